The monoisotopic (exact) mass is 221 g/mol. The smallest absolute Gasteiger partial charge is 0.119 e. The number of ether oxygens (including phenoxy) is 1. The lowest BCUT2D eigenvalue weighted by Crippen LogP contribution is -2.19. The van der Waals surface area contributed by atoms with Gasteiger partial charge in [0.15, 0.2) is 0 Å². The molecule has 2 rings (SSSR count). The first-order chi connectivity index (χ1) is 7.85. The Morgan fingerprint density at radius 3 is 2.69 bits per heavy atom. The minimum absolute atomic E-state index is 0.188. The normalized spacial score (nSPS) is 15.5. The zero-order valence-corrected chi connectivity index (χ0v) is 9.78. The molecule has 1 N–H and O–H groups in total. The molecule has 1 aliphatic rings. The lowest BCUT2D eigenvalue weighted by Gasteiger charge is -2.21. The van der Waals surface area contributed by atoms with Crippen molar-refractivity contribution in [2.45, 2.75) is 19.3 Å². The Morgan fingerprint density at radius 2 is 2.06 bits per heavy atom. The summed E-state index contributed by atoms with van der Waals surface area (Å²) in [5, 5.41) is 9.09. The number of aliphatic hydroxyl groups is 1. The molecular weight excluding hydrogens is 202 g/mol. The maximum atomic E-state index is 9.09. The number of anilines is 1. The lowest BCUT2D eigenvalue weighted by molar-refractivity contribution is 0.299. The van der Waals surface area contributed by atoms with Crippen LogP contribution in [0.25, 0.3) is 0 Å². The molecular formula is C13H19NO2. The van der Waals surface area contributed by atoms with Crippen LogP contribution in [-0.4, -0.2) is 31.9 Å². The first kappa shape index (κ1) is 11.3. The number of rotatable bonds is 4. The van der Waals surface area contributed by atoms with Crippen molar-refractivity contribution in [1.29, 1.82) is 0 Å². The van der Waals surface area contributed by atoms with Crippen LogP contribution in [0.2, 0.25) is 0 Å². The predicted octanol–water partition coefficient (Wildman–Crippen LogP) is 1.83. The first-order valence-corrected chi connectivity index (χ1v) is 5.88. The van der Waals surface area contributed by atoms with E-state index >= 15 is 0 Å². The average molecular weight is 221 g/mol. The summed E-state index contributed by atoms with van der Waals surface area (Å²) in [4.78, 5) is 2.39. The summed E-state index contributed by atoms with van der Waals surface area (Å²) < 4.78 is 5.22. The van der Waals surface area contributed by atoms with Gasteiger partial charge in [-0.05, 0) is 43.0 Å². The van der Waals surface area contributed by atoms with Crippen LogP contribution in [0.5, 0.6) is 5.75 Å². The van der Waals surface area contributed by atoms with Crippen molar-refractivity contribution >= 4 is 5.69 Å². The second-order valence-corrected chi connectivity index (χ2v) is 4.16. The number of benzene rings is 1. The van der Waals surface area contributed by atoms with Gasteiger partial charge in [0.05, 0.1) is 7.11 Å². The number of aliphatic hydroxyl groups excluding tert-OH is 1. The molecule has 1 aliphatic heterocycles. The van der Waals surface area contributed by atoms with Crippen LogP contribution >= 0.6 is 0 Å². The molecule has 1 saturated heterocycles. The topological polar surface area (TPSA) is 32.7 Å². The summed E-state index contributed by atoms with van der Waals surface area (Å²) in [7, 11) is 1.67. The van der Waals surface area contributed by atoms with Gasteiger partial charge in [-0.3, -0.25) is 0 Å². The molecule has 0 aliphatic carbocycles. The maximum Gasteiger partial charge on any atom is 0.119 e. The molecule has 1 aromatic rings. The summed E-state index contributed by atoms with van der Waals surface area (Å²) in [6.45, 7) is 2.45. The van der Waals surface area contributed by atoms with Crippen LogP contribution in [0.1, 0.15) is 18.4 Å². The predicted molar refractivity (Wildman–Crippen MR) is 65.2 cm³/mol. The Bertz CT molecular complexity index is 346. The van der Waals surface area contributed by atoms with Gasteiger partial charge in [-0.15, -0.1) is 0 Å². The van der Waals surface area contributed by atoms with Gasteiger partial charge >= 0.3 is 0 Å². The van der Waals surface area contributed by atoms with Gasteiger partial charge in [0.25, 0.3) is 0 Å². The van der Waals surface area contributed by atoms with E-state index in [9.17, 15) is 0 Å². The van der Waals surface area contributed by atoms with Crippen LogP contribution in [0.4, 0.5) is 5.69 Å². The minimum Gasteiger partial charge on any atom is -0.497 e. The molecule has 0 spiro atoms. The second kappa shape index (κ2) is 5.21. The van der Waals surface area contributed by atoms with Gasteiger partial charge in [0.1, 0.15) is 5.75 Å². The number of hydrogen-bond acceptors (Lipinski definition) is 3. The Labute approximate surface area is 96.6 Å². The van der Waals surface area contributed by atoms with Crippen molar-refractivity contribution in [3.05, 3.63) is 23.8 Å². The quantitative estimate of drug-likeness (QED) is 0.842. The molecule has 88 valence electrons. The molecule has 0 radical (unpaired) electrons. The molecule has 0 atom stereocenters. The Kier molecular flexibility index (Phi) is 3.67. The standard InChI is InChI=1S/C13H19NO2/c1-16-12-4-5-13(11(10-12)6-9-15)14-7-2-3-8-14/h4-5,10,15H,2-3,6-9H2,1H3. The average Bonchev–Trinajstić information content (AvgIpc) is 2.83. The van der Waals surface area contributed by atoms with E-state index < -0.39 is 0 Å². The molecule has 3 heteroatoms. The number of hydrogen-bond donors (Lipinski definition) is 1. The van der Waals surface area contributed by atoms with Crippen molar-refractivity contribution < 1.29 is 9.84 Å². The molecule has 3 nitrogen and oxygen atoms in total. The van der Waals surface area contributed by atoms with Crippen molar-refractivity contribution in [1.82, 2.24) is 0 Å². The highest BCUT2D eigenvalue weighted by Crippen LogP contribution is 2.28. The molecule has 0 unspecified atom stereocenters. The van der Waals surface area contributed by atoms with E-state index in [1.807, 2.05) is 12.1 Å². The highest BCUT2D eigenvalue weighted by molar-refractivity contribution is 5.57. The molecule has 0 saturated carbocycles. The summed E-state index contributed by atoms with van der Waals surface area (Å²) >= 11 is 0. The highest BCUT2D eigenvalue weighted by atomic mass is 16.5. The van der Waals surface area contributed by atoms with Crippen molar-refractivity contribution in [2.24, 2.45) is 0 Å². The van der Waals surface area contributed by atoms with Crippen LogP contribution in [0.3, 0.4) is 0 Å². The van der Waals surface area contributed by atoms with E-state index in [0.29, 0.717) is 6.42 Å². The van der Waals surface area contributed by atoms with Gasteiger partial charge in [0.2, 0.25) is 0 Å². The summed E-state index contributed by atoms with van der Waals surface area (Å²) in [5.74, 6) is 0.867. The molecule has 0 aromatic heterocycles. The van der Waals surface area contributed by atoms with Crippen LogP contribution in [0, 0.1) is 0 Å². The molecule has 1 heterocycles. The Balaban J connectivity index is 2.27. The zero-order valence-electron chi connectivity index (χ0n) is 9.78. The summed E-state index contributed by atoms with van der Waals surface area (Å²) in [6.07, 6.45) is 3.23. The fourth-order valence-corrected chi connectivity index (χ4v) is 2.28. The third-order valence-corrected chi connectivity index (χ3v) is 3.11. The van der Waals surface area contributed by atoms with Crippen LogP contribution in [-0.2, 0) is 6.42 Å². The van der Waals surface area contributed by atoms with E-state index in [0.717, 1.165) is 18.8 Å². The molecule has 0 bridgehead atoms. The fraction of sp³-hybridized carbons (Fsp3) is 0.538. The SMILES string of the molecule is COc1ccc(N2CCCC2)c(CCO)c1. The van der Waals surface area contributed by atoms with Gasteiger partial charge in [-0.1, -0.05) is 0 Å². The summed E-state index contributed by atoms with van der Waals surface area (Å²) in [6, 6.07) is 6.13. The van der Waals surface area contributed by atoms with Gasteiger partial charge < -0.3 is 14.7 Å². The van der Waals surface area contributed by atoms with Crippen LogP contribution < -0.4 is 9.64 Å². The minimum atomic E-state index is 0.188. The Morgan fingerprint density at radius 1 is 1.31 bits per heavy atom. The van der Waals surface area contributed by atoms with E-state index in [4.69, 9.17) is 9.84 Å². The van der Waals surface area contributed by atoms with Gasteiger partial charge in [-0.2, -0.15) is 0 Å². The van der Waals surface area contributed by atoms with Crippen molar-refractivity contribution in [3.63, 3.8) is 0 Å². The number of nitrogens with zero attached hydrogens (tertiary/aromatic N) is 1. The molecule has 16 heavy (non-hydrogen) atoms. The molecule has 1 fully saturated rings. The fourth-order valence-electron chi connectivity index (χ4n) is 2.28. The molecule has 0 amide bonds. The maximum absolute atomic E-state index is 9.09. The van der Waals surface area contributed by atoms with Crippen molar-refractivity contribution in [3.8, 4) is 5.75 Å². The third kappa shape index (κ3) is 2.30. The van der Waals surface area contributed by atoms with Gasteiger partial charge in [-0.25, -0.2) is 0 Å². The van der Waals surface area contributed by atoms with E-state index in [1.54, 1.807) is 7.11 Å². The molecule has 1 aromatic carbocycles. The zero-order chi connectivity index (χ0) is 11.4. The van der Waals surface area contributed by atoms with Gasteiger partial charge in [0, 0.05) is 25.4 Å². The highest BCUT2D eigenvalue weighted by Gasteiger charge is 2.15. The van der Waals surface area contributed by atoms with E-state index in [-0.39, 0.29) is 6.61 Å². The lowest BCUT2D eigenvalue weighted by atomic mass is 10.1. The van der Waals surface area contributed by atoms with Crippen LogP contribution in [0.15, 0.2) is 18.2 Å². The number of methoxy groups -OCH3 is 1. The second-order valence-electron chi connectivity index (χ2n) is 4.16. The first-order valence-electron chi connectivity index (χ1n) is 5.88. The van der Waals surface area contributed by atoms with E-state index in [1.165, 1.54) is 24.1 Å². The largest absolute Gasteiger partial charge is 0.497 e. The van der Waals surface area contributed by atoms with Crippen molar-refractivity contribution in [2.75, 3.05) is 31.7 Å². The Hall–Kier alpha value is -1.22. The van der Waals surface area contributed by atoms with E-state index in [2.05, 4.69) is 11.0 Å². The third-order valence-electron chi connectivity index (χ3n) is 3.11. The summed E-state index contributed by atoms with van der Waals surface area (Å²) in [5.41, 5.74) is 2.44.